The van der Waals surface area contributed by atoms with Crippen LogP contribution in [0.2, 0.25) is 0 Å². The van der Waals surface area contributed by atoms with Gasteiger partial charge in [-0.05, 0) is 68.7 Å². The van der Waals surface area contributed by atoms with Gasteiger partial charge < -0.3 is 19.8 Å². The number of hydrogen-bond acceptors (Lipinski definition) is 8. The first kappa shape index (κ1) is 30.0. The third kappa shape index (κ3) is 6.63. The van der Waals surface area contributed by atoms with Gasteiger partial charge in [0.15, 0.2) is 5.78 Å². The fourth-order valence-electron chi connectivity index (χ4n) is 5.13. The van der Waals surface area contributed by atoms with E-state index in [4.69, 9.17) is 9.15 Å². The third-order valence-electron chi connectivity index (χ3n) is 7.37. The zero-order valence-corrected chi connectivity index (χ0v) is 24.8. The summed E-state index contributed by atoms with van der Waals surface area (Å²) in [5.74, 6) is -1.45. The molecule has 11 heteroatoms. The smallest absolute Gasteiger partial charge is 0.309 e. The Morgan fingerprint density at radius 1 is 0.977 bits per heavy atom. The van der Waals surface area contributed by atoms with Gasteiger partial charge in [0.2, 0.25) is 15.8 Å². The molecule has 0 saturated carbocycles. The molecule has 1 amide bonds. The molecule has 5 rings (SSSR count). The van der Waals surface area contributed by atoms with Crippen LogP contribution in [0.5, 0.6) is 0 Å². The summed E-state index contributed by atoms with van der Waals surface area (Å²) in [6, 6.07) is 20.4. The summed E-state index contributed by atoms with van der Waals surface area (Å²) < 4.78 is 39.0. The minimum atomic E-state index is -3.88. The number of esters is 1. The van der Waals surface area contributed by atoms with Crippen LogP contribution >= 0.6 is 0 Å². The van der Waals surface area contributed by atoms with Gasteiger partial charge in [-0.15, -0.1) is 0 Å². The second-order valence-electron chi connectivity index (χ2n) is 10.4. The Labute approximate surface area is 250 Å². The van der Waals surface area contributed by atoms with Gasteiger partial charge >= 0.3 is 5.97 Å². The normalized spacial score (nSPS) is 14.4. The van der Waals surface area contributed by atoms with Crippen LogP contribution in [-0.4, -0.2) is 56.6 Å². The molecule has 2 heterocycles. The average Bonchev–Trinajstić information content (AvgIpc) is 3.39. The first-order valence-corrected chi connectivity index (χ1v) is 15.5. The Hall–Kier alpha value is -4.48. The van der Waals surface area contributed by atoms with Crippen molar-refractivity contribution in [3.05, 3.63) is 89.7 Å². The number of anilines is 2. The van der Waals surface area contributed by atoms with Crippen molar-refractivity contribution in [3.63, 3.8) is 0 Å². The molecule has 4 aromatic rings. The van der Waals surface area contributed by atoms with E-state index >= 15 is 0 Å². The number of carbonyl (C=O) groups is 3. The monoisotopic (exact) mass is 603 g/mol. The lowest BCUT2D eigenvalue weighted by Gasteiger charge is -2.30. The molecule has 0 spiro atoms. The number of rotatable bonds is 10. The molecule has 0 atom stereocenters. The van der Waals surface area contributed by atoms with Crippen molar-refractivity contribution in [2.24, 2.45) is 5.92 Å². The molecular weight excluding hydrogens is 570 g/mol. The molecule has 1 saturated heterocycles. The van der Waals surface area contributed by atoms with E-state index in [1.807, 2.05) is 25.1 Å². The average molecular weight is 604 g/mol. The maximum atomic E-state index is 13.4. The molecular formula is C32H33N3O7S. The number of ketones is 1. The number of carbonyl (C=O) groups excluding carboxylic acids is 3. The van der Waals surface area contributed by atoms with Crippen molar-refractivity contribution in [1.82, 2.24) is 4.31 Å². The van der Waals surface area contributed by atoms with Crippen molar-refractivity contribution in [2.75, 3.05) is 36.9 Å². The largest absolute Gasteiger partial charge is 0.466 e. The van der Waals surface area contributed by atoms with Gasteiger partial charge in [0.1, 0.15) is 5.58 Å². The molecule has 1 aliphatic heterocycles. The van der Waals surface area contributed by atoms with Crippen LogP contribution in [0.25, 0.3) is 11.0 Å². The van der Waals surface area contributed by atoms with Gasteiger partial charge in [-0.1, -0.05) is 36.4 Å². The lowest BCUT2D eigenvalue weighted by atomic mass is 9.98. The van der Waals surface area contributed by atoms with Crippen molar-refractivity contribution in [1.29, 1.82) is 0 Å². The van der Waals surface area contributed by atoms with Gasteiger partial charge in [-0.2, -0.15) is 4.31 Å². The number of nitrogens with zero attached hydrogens (tertiary/aromatic N) is 1. The van der Waals surface area contributed by atoms with Gasteiger partial charge in [0.25, 0.3) is 5.91 Å². The van der Waals surface area contributed by atoms with Crippen LogP contribution in [0.15, 0.2) is 82.1 Å². The van der Waals surface area contributed by atoms with E-state index in [9.17, 15) is 22.8 Å². The van der Waals surface area contributed by atoms with Crippen LogP contribution in [0, 0.1) is 12.8 Å². The van der Waals surface area contributed by atoms with Gasteiger partial charge in [-0.25, -0.2) is 8.42 Å². The summed E-state index contributed by atoms with van der Waals surface area (Å²) in [5, 5.41) is 6.52. The zero-order chi connectivity index (χ0) is 30.6. The summed E-state index contributed by atoms with van der Waals surface area (Å²) in [5.41, 5.74) is 2.63. The predicted octanol–water partition coefficient (Wildman–Crippen LogP) is 5.25. The maximum Gasteiger partial charge on any atom is 0.309 e. The first-order valence-electron chi connectivity index (χ1n) is 14.1. The number of Topliss-reactive ketones (excluding diaryl/α,β-unsaturated/α-hetero) is 1. The van der Waals surface area contributed by atoms with E-state index in [0.717, 1.165) is 5.56 Å². The summed E-state index contributed by atoms with van der Waals surface area (Å²) >= 11 is 0. The number of furan rings is 1. The fourth-order valence-corrected chi connectivity index (χ4v) is 6.65. The van der Waals surface area contributed by atoms with Crippen LogP contribution in [0.3, 0.4) is 0 Å². The predicted molar refractivity (Wildman–Crippen MR) is 163 cm³/mol. The molecule has 224 valence electrons. The summed E-state index contributed by atoms with van der Waals surface area (Å²) in [4.78, 5) is 38.5. The number of hydrogen-bond donors (Lipinski definition) is 2. The van der Waals surface area contributed by atoms with Crippen LogP contribution in [-0.2, 0) is 19.6 Å². The highest BCUT2D eigenvalue weighted by Crippen LogP contribution is 2.32. The molecule has 0 radical (unpaired) electrons. The molecule has 3 aromatic carbocycles. The van der Waals surface area contributed by atoms with E-state index in [-0.39, 0.29) is 60.1 Å². The molecule has 0 aliphatic carbocycles. The van der Waals surface area contributed by atoms with E-state index in [2.05, 4.69) is 10.6 Å². The van der Waals surface area contributed by atoms with Crippen molar-refractivity contribution in [2.45, 2.75) is 31.6 Å². The second kappa shape index (κ2) is 12.8. The van der Waals surface area contributed by atoms with Crippen LogP contribution in [0.4, 0.5) is 11.4 Å². The molecule has 1 fully saturated rings. The van der Waals surface area contributed by atoms with Crippen molar-refractivity contribution in [3.8, 4) is 0 Å². The lowest BCUT2D eigenvalue weighted by Crippen LogP contribution is -2.40. The SMILES string of the molecule is CCOC(=O)C1CCN(S(=O)(=O)c2cccc(C(=O)CNc3c(C(=O)Nc4cccc(C)c4)oc4ccccc34)c2)CC1. The number of nitrogens with one attached hydrogen (secondary N) is 2. The molecule has 0 unspecified atom stereocenters. The van der Waals surface area contributed by atoms with E-state index in [1.54, 1.807) is 43.3 Å². The molecule has 43 heavy (non-hydrogen) atoms. The van der Waals surface area contributed by atoms with E-state index in [0.29, 0.717) is 35.2 Å². The number of fused-ring (bicyclic) bond motifs is 1. The summed E-state index contributed by atoms with van der Waals surface area (Å²) in [6.45, 7) is 4.11. The number of amides is 1. The van der Waals surface area contributed by atoms with E-state index < -0.39 is 15.9 Å². The Bertz CT molecular complexity index is 1770. The lowest BCUT2D eigenvalue weighted by molar-refractivity contribution is -0.149. The third-order valence-corrected chi connectivity index (χ3v) is 9.27. The highest BCUT2D eigenvalue weighted by molar-refractivity contribution is 7.89. The molecule has 1 aromatic heterocycles. The zero-order valence-electron chi connectivity index (χ0n) is 24.0. The summed E-state index contributed by atoms with van der Waals surface area (Å²) in [6.07, 6.45) is 0.748. The maximum absolute atomic E-state index is 13.4. The van der Waals surface area contributed by atoms with E-state index in [1.165, 1.54) is 22.5 Å². The molecule has 2 N–H and O–H groups in total. The first-order chi connectivity index (χ1) is 20.7. The second-order valence-corrected chi connectivity index (χ2v) is 12.3. The Morgan fingerprint density at radius 2 is 1.72 bits per heavy atom. The molecule has 1 aliphatic rings. The highest BCUT2D eigenvalue weighted by atomic mass is 32.2. The van der Waals surface area contributed by atoms with Crippen LogP contribution < -0.4 is 10.6 Å². The molecule has 10 nitrogen and oxygen atoms in total. The van der Waals surface area contributed by atoms with Crippen molar-refractivity contribution >= 4 is 50.0 Å². The quantitative estimate of drug-likeness (QED) is 0.185. The highest BCUT2D eigenvalue weighted by Gasteiger charge is 2.33. The minimum absolute atomic E-state index is 0.0000769. The van der Waals surface area contributed by atoms with Gasteiger partial charge in [0.05, 0.1) is 29.7 Å². The van der Waals surface area contributed by atoms with Crippen LogP contribution in [0.1, 0.15) is 46.2 Å². The number of piperidine rings is 1. The minimum Gasteiger partial charge on any atom is -0.466 e. The molecule has 0 bridgehead atoms. The Morgan fingerprint density at radius 3 is 2.47 bits per heavy atom. The summed E-state index contributed by atoms with van der Waals surface area (Å²) in [7, 11) is -3.88. The van der Waals surface area contributed by atoms with Crippen molar-refractivity contribution < 1.29 is 32.0 Å². The number of sulfonamides is 1. The van der Waals surface area contributed by atoms with Gasteiger partial charge in [-0.3, -0.25) is 14.4 Å². The number of benzene rings is 3. The Kier molecular flexibility index (Phi) is 8.93. The Balaban J connectivity index is 1.31. The fraction of sp³-hybridized carbons (Fsp3) is 0.281. The standard InChI is InChI=1S/C32H33N3O7S/c1-3-41-32(38)22-14-16-35(17-15-22)43(39,40)25-11-7-9-23(19-25)27(36)20-33-29-26-12-4-5-13-28(26)42-30(29)31(37)34-24-10-6-8-21(2)18-24/h4-13,18-19,22,33H,3,14-17,20H2,1-2H3,(H,34,37). The topological polar surface area (TPSA) is 135 Å². The number of para-hydroxylation sites is 1. The number of aryl methyl sites for hydroxylation is 1. The number of ether oxygens (including phenoxy) is 1. The van der Waals surface area contributed by atoms with Gasteiger partial charge in [0, 0.05) is 29.7 Å².